The highest BCUT2D eigenvalue weighted by molar-refractivity contribution is 14.0. The maximum absolute atomic E-state index is 11.1. The number of rotatable bonds is 8. The minimum absolute atomic E-state index is 0. The van der Waals surface area contributed by atoms with Crippen LogP contribution in [0.1, 0.15) is 37.5 Å². The zero-order valence-electron chi connectivity index (χ0n) is 15.6. The molecule has 6 nitrogen and oxygen atoms in total. The number of hydrogen-bond acceptors (Lipinski definition) is 4. The van der Waals surface area contributed by atoms with Crippen LogP contribution in [-0.2, 0) is 16.1 Å². The average molecular weight is 473 g/mol. The number of esters is 1. The second-order valence-electron chi connectivity index (χ2n) is 5.80. The van der Waals surface area contributed by atoms with Crippen molar-refractivity contribution in [3.63, 3.8) is 0 Å². The summed E-state index contributed by atoms with van der Waals surface area (Å²) in [7, 11) is 1.41. The third-order valence-electron chi connectivity index (χ3n) is 4.00. The standard InChI is InChI=1S/C19H27N3O3.HI/c1-4-20-19(21-12-8-7-11-18(23)24-3)22-13-17-14(2)15-9-5-6-10-16(15)25-17;/h5-6,9-10H,4,7-8,11-13H2,1-3H3,(H2,20,21,22);1H. The van der Waals surface area contributed by atoms with Crippen LogP contribution in [-0.4, -0.2) is 32.1 Å². The van der Waals surface area contributed by atoms with Gasteiger partial charge in [0.25, 0.3) is 0 Å². The molecule has 0 atom stereocenters. The summed E-state index contributed by atoms with van der Waals surface area (Å²) in [5.74, 6) is 1.46. The van der Waals surface area contributed by atoms with Crippen molar-refractivity contribution in [2.24, 2.45) is 4.99 Å². The van der Waals surface area contributed by atoms with Crippen molar-refractivity contribution in [2.45, 2.75) is 39.7 Å². The summed E-state index contributed by atoms with van der Waals surface area (Å²) in [6, 6.07) is 8.02. The van der Waals surface area contributed by atoms with Gasteiger partial charge in [-0.15, -0.1) is 24.0 Å². The zero-order valence-corrected chi connectivity index (χ0v) is 18.0. The summed E-state index contributed by atoms with van der Waals surface area (Å²) < 4.78 is 10.5. The summed E-state index contributed by atoms with van der Waals surface area (Å²) in [5.41, 5.74) is 2.03. The minimum atomic E-state index is -0.166. The molecule has 7 heteroatoms. The zero-order chi connectivity index (χ0) is 18.1. The van der Waals surface area contributed by atoms with Crippen molar-refractivity contribution in [3.8, 4) is 0 Å². The number of halogens is 1. The molecule has 1 aromatic heterocycles. The predicted octanol–water partition coefficient (Wildman–Crippen LogP) is 3.76. The van der Waals surface area contributed by atoms with Gasteiger partial charge in [0.2, 0.25) is 0 Å². The van der Waals surface area contributed by atoms with E-state index in [0.29, 0.717) is 13.0 Å². The van der Waals surface area contributed by atoms with E-state index in [1.807, 2.05) is 25.1 Å². The number of benzene rings is 1. The van der Waals surface area contributed by atoms with Gasteiger partial charge >= 0.3 is 5.97 Å². The van der Waals surface area contributed by atoms with Crippen molar-refractivity contribution in [2.75, 3.05) is 20.2 Å². The number of ether oxygens (including phenoxy) is 1. The van der Waals surface area contributed by atoms with Crippen LogP contribution in [0.5, 0.6) is 0 Å². The van der Waals surface area contributed by atoms with Gasteiger partial charge in [-0.1, -0.05) is 18.2 Å². The maximum Gasteiger partial charge on any atom is 0.305 e. The largest absolute Gasteiger partial charge is 0.469 e. The molecule has 0 radical (unpaired) electrons. The molecular formula is C19H28IN3O3. The van der Waals surface area contributed by atoms with Gasteiger partial charge in [-0.3, -0.25) is 4.79 Å². The molecule has 0 aliphatic heterocycles. The average Bonchev–Trinajstić information content (AvgIpc) is 2.95. The van der Waals surface area contributed by atoms with Crippen molar-refractivity contribution >= 4 is 46.9 Å². The third kappa shape index (κ3) is 6.51. The molecule has 0 saturated carbocycles. The van der Waals surface area contributed by atoms with Crippen molar-refractivity contribution in [1.82, 2.24) is 10.6 Å². The van der Waals surface area contributed by atoms with Gasteiger partial charge in [0.1, 0.15) is 17.9 Å². The van der Waals surface area contributed by atoms with E-state index in [-0.39, 0.29) is 29.9 Å². The molecule has 0 fully saturated rings. The van der Waals surface area contributed by atoms with E-state index < -0.39 is 0 Å². The molecule has 0 unspecified atom stereocenters. The quantitative estimate of drug-likeness (QED) is 0.201. The fourth-order valence-electron chi connectivity index (χ4n) is 2.57. The first-order valence-electron chi connectivity index (χ1n) is 8.71. The second-order valence-corrected chi connectivity index (χ2v) is 5.80. The topological polar surface area (TPSA) is 75.9 Å². The number of aryl methyl sites for hydroxylation is 1. The lowest BCUT2D eigenvalue weighted by Crippen LogP contribution is -2.37. The molecule has 0 aliphatic carbocycles. The van der Waals surface area contributed by atoms with E-state index in [0.717, 1.165) is 54.2 Å². The Labute approximate surface area is 171 Å². The Morgan fingerprint density at radius 3 is 2.69 bits per heavy atom. The summed E-state index contributed by atoms with van der Waals surface area (Å²) in [5, 5.41) is 7.64. The number of carbonyl (C=O) groups is 1. The van der Waals surface area contributed by atoms with Crippen LogP contribution < -0.4 is 10.6 Å². The summed E-state index contributed by atoms with van der Waals surface area (Å²) in [4.78, 5) is 15.7. The number of nitrogens with zero attached hydrogens (tertiary/aromatic N) is 1. The lowest BCUT2D eigenvalue weighted by molar-refractivity contribution is -0.140. The van der Waals surface area contributed by atoms with Crippen molar-refractivity contribution in [1.29, 1.82) is 0 Å². The first-order valence-corrected chi connectivity index (χ1v) is 8.71. The highest BCUT2D eigenvalue weighted by Crippen LogP contribution is 2.25. The number of guanidine groups is 1. The smallest absolute Gasteiger partial charge is 0.305 e. The molecule has 0 saturated heterocycles. The number of fused-ring (bicyclic) bond motifs is 1. The second kappa shape index (κ2) is 11.8. The van der Waals surface area contributed by atoms with Gasteiger partial charge in [-0.05, 0) is 32.8 Å². The number of furan rings is 1. The molecular weight excluding hydrogens is 445 g/mol. The van der Waals surface area contributed by atoms with E-state index in [2.05, 4.69) is 33.4 Å². The molecule has 1 heterocycles. The molecule has 0 bridgehead atoms. The number of aliphatic imine (C=N–C) groups is 1. The van der Waals surface area contributed by atoms with E-state index in [1.165, 1.54) is 7.11 Å². The van der Waals surface area contributed by atoms with Gasteiger partial charge < -0.3 is 19.8 Å². The van der Waals surface area contributed by atoms with Crippen LogP contribution in [0.25, 0.3) is 11.0 Å². The van der Waals surface area contributed by atoms with E-state index in [9.17, 15) is 4.79 Å². The Morgan fingerprint density at radius 2 is 2.00 bits per heavy atom. The van der Waals surface area contributed by atoms with Crippen molar-refractivity contribution < 1.29 is 13.9 Å². The Kier molecular flexibility index (Phi) is 10.1. The fourth-order valence-corrected chi connectivity index (χ4v) is 2.57. The molecule has 144 valence electrons. The van der Waals surface area contributed by atoms with Crippen LogP contribution in [0.4, 0.5) is 0 Å². The van der Waals surface area contributed by atoms with Crippen LogP contribution in [0.2, 0.25) is 0 Å². The molecule has 0 spiro atoms. The molecule has 1 aromatic carbocycles. The Hall–Kier alpha value is -1.77. The van der Waals surface area contributed by atoms with E-state index in [1.54, 1.807) is 0 Å². The Morgan fingerprint density at radius 1 is 1.23 bits per heavy atom. The highest BCUT2D eigenvalue weighted by atomic mass is 127. The van der Waals surface area contributed by atoms with Crippen LogP contribution in [0.15, 0.2) is 33.7 Å². The van der Waals surface area contributed by atoms with Gasteiger partial charge in [0, 0.05) is 30.5 Å². The molecule has 0 aliphatic rings. The maximum atomic E-state index is 11.1. The van der Waals surface area contributed by atoms with Crippen molar-refractivity contribution in [3.05, 3.63) is 35.6 Å². The lowest BCUT2D eigenvalue weighted by Gasteiger charge is -2.10. The van der Waals surface area contributed by atoms with Gasteiger partial charge in [0.05, 0.1) is 7.11 Å². The summed E-state index contributed by atoms with van der Waals surface area (Å²) in [6.07, 6.45) is 2.12. The first kappa shape index (κ1) is 22.3. The first-order chi connectivity index (χ1) is 12.2. The third-order valence-corrected chi connectivity index (χ3v) is 4.00. The molecule has 26 heavy (non-hydrogen) atoms. The van der Waals surface area contributed by atoms with Crippen LogP contribution in [0, 0.1) is 6.92 Å². The van der Waals surface area contributed by atoms with Crippen LogP contribution >= 0.6 is 24.0 Å². The summed E-state index contributed by atoms with van der Waals surface area (Å²) in [6.45, 7) is 6.11. The Bertz CT molecular complexity index is 728. The number of carbonyl (C=O) groups excluding carboxylic acids is 1. The predicted molar refractivity (Wildman–Crippen MR) is 115 cm³/mol. The number of nitrogens with one attached hydrogen (secondary N) is 2. The fraction of sp³-hybridized carbons (Fsp3) is 0.474. The number of methoxy groups -OCH3 is 1. The number of hydrogen-bond donors (Lipinski definition) is 2. The molecule has 2 aromatic rings. The van der Waals surface area contributed by atoms with E-state index >= 15 is 0 Å². The Balaban J connectivity index is 0.00000338. The molecule has 2 N–H and O–H groups in total. The monoisotopic (exact) mass is 473 g/mol. The number of unbranched alkanes of at least 4 members (excludes halogenated alkanes) is 1. The molecule has 0 amide bonds. The van der Waals surface area contributed by atoms with Crippen LogP contribution in [0.3, 0.4) is 0 Å². The van der Waals surface area contributed by atoms with Gasteiger partial charge in [-0.25, -0.2) is 4.99 Å². The summed E-state index contributed by atoms with van der Waals surface area (Å²) >= 11 is 0. The number of para-hydroxylation sites is 1. The minimum Gasteiger partial charge on any atom is -0.469 e. The van der Waals surface area contributed by atoms with E-state index in [4.69, 9.17) is 4.42 Å². The molecule has 2 rings (SSSR count). The highest BCUT2D eigenvalue weighted by Gasteiger charge is 2.09. The van der Waals surface area contributed by atoms with Gasteiger partial charge in [0.15, 0.2) is 5.96 Å². The lowest BCUT2D eigenvalue weighted by atomic mass is 10.1. The SMILES string of the molecule is CCNC(=NCc1oc2ccccc2c1C)NCCCCC(=O)OC.I. The normalized spacial score (nSPS) is 11.1. The van der Waals surface area contributed by atoms with Gasteiger partial charge in [-0.2, -0.15) is 0 Å².